The van der Waals surface area contributed by atoms with E-state index in [-0.39, 0.29) is 6.04 Å². The van der Waals surface area contributed by atoms with Gasteiger partial charge in [0.2, 0.25) is 0 Å². The number of hydrogen-bond donors (Lipinski definition) is 2. The van der Waals surface area contributed by atoms with Gasteiger partial charge in [-0.3, -0.25) is 9.88 Å². The van der Waals surface area contributed by atoms with Crippen LogP contribution in [0.3, 0.4) is 0 Å². The Balaban J connectivity index is 1.54. The van der Waals surface area contributed by atoms with Crippen molar-refractivity contribution in [2.45, 2.75) is 31.5 Å². The van der Waals surface area contributed by atoms with E-state index in [2.05, 4.69) is 40.0 Å². The predicted octanol–water partition coefficient (Wildman–Crippen LogP) is 4.68. The Morgan fingerprint density at radius 3 is 2.91 bits per heavy atom. The number of pyridine rings is 1. The van der Waals surface area contributed by atoms with Crippen molar-refractivity contribution in [1.29, 1.82) is 0 Å². The fourth-order valence-electron chi connectivity index (χ4n) is 5.60. The minimum absolute atomic E-state index is 0.112. The molecule has 5 nitrogen and oxygen atoms in total. The number of aromatic nitrogens is 1. The van der Waals surface area contributed by atoms with Crippen molar-refractivity contribution in [2.24, 2.45) is 11.8 Å². The van der Waals surface area contributed by atoms with Crippen LogP contribution in [0.15, 0.2) is 67.4 Å². The van der Waals surface area contributed by atoms with Gasteiger partial charge >= 0.3 is 0 Å². The van der Waals surface area contributed by atoms with Crippen LogP contribution in [-0.2, 0) is 6.54 Å². The van der Waals surface area contributed by atoms with E-state index in [4.69, 9.17) is 4.74 Å². The fourth-order valence-corrected chi connectivity index (χ4v) is 5.60. The molecular weight excluding hydrogens is 398 g/mol. The van der Waals surface area contributed by atoms with Gasteiger partial charge in [-0.05, 0) is 67.1 Å². The van der Waals surface area contributed by atoms with Crippen molar-refractivity contribution < 1.29 is 9.84 Å². The Bertz CT molecular complexity index is 1120. The number of phenolic OH excluding ortho intramolecular Hbond substituents is 1. The van der Waals surface area contributed by atoms with Gasteiger partial charge in [-0.15, -0.1) is 6.58 Å². The van der Waals surface area contributed by atoms with Crippen LogP contribution < -0.4 is 10.1 Å². The minimum Gasteiger partial charge on any atom is -0.508 e. The van der Waals surface area contributed by atoms with Crippen molar-refractivity contribution in [3.8, 4) is 11.5 Å². The van der Waals surface area contributed by atoms with Crippen molar-refractivity contribution in [1.82, 2.24) is 15.2 Å². The van der Waals surface area contributed by atoms with E-state index >= 15 is 0 Å². The van der Waals surface area contributed by atoms with Gasteiger partial charge in [-0.1, -0.05) is 24.3 Å². The normalized spacial score (nSPS) is 25.5. The van der Waals surface area contributed by atoms with Gasteiger partial charge in [0.05, 0.1) is 12.6 Å². The molecule has 32 heavy (non-hydrogen) atoms. The maximum absolute atomic E-state index is 10.3. The van der Waals surface area contributed by atoms with Gasteiger partial charge in [0.25, 0.3) is 0 Å². The molecule has 2 bridgehead atoms. The Labute approximate surface area is 189 Å². The van der Waals surface area contributed by atoms with Crippen molar-refractivity contribution >= 4 is 10.9 Å². The van der Waals surface area contributed by atoms with Crippen LogP contribution in [0, 0.1) is 11.8 Å². The summed E-state index contributed by atoms with van der Waals surface area (Å²) in [4.78, 5) is 7.23. The molecule has 0 aliphatic carbocycles. The Hall–Kier alpha value is -2.89. The lowest BCUT2D eigenvalue weighted by Gasteiger charge is -2.52. The predicted molar refractivity (Wildman–Crippen MR) is 128 cm³/mol. The first kappa shape index (κ1) is 21.0. The molecule has 2 N–H and O–H groups in total. The SMILES string of the molecule is C=CC1CN2CCC1CC2[C@H](NCc1ccccc1O)c1ccnc2ccc(OC)cc12. The summed E-state index contributed by atoms with van der Waals surface area (Å²) in [7, 11) is 1.70. The molecule has 0 spiro atoms. The molecule has 3 aliphatic rings. The highest BCUT2D eigenvalue weighted by Crippen LogP contribution is 2.42. The number of hydrogen-bond acceptors (Lipinski definition) is 5. The fraction of sp³-hybridized carbons (Fsp3) is 0.370. The van der Waals surface area contributed by atoms with Crippen molar-refractivity contribution in [2.75, 3.05) is 20.2 Å². The third-order valence-electron chi connectivity index (χ3n) is 7.36. The highest BCUT2D eigenvalue weighted by atomic mass is 16.5. The van der Waals surface area contributed by atoms with Gasteiger partial charge < -0.3 is 15.2 Å². The molecule has 3 saturated heterocycles. The number of fused-ring (bicyclic) bond motifs is 4. The second kappa shape index (κ2) is 8.93. The zero-order valence-electron chi connectivity index (χ0n) is 18.6. The Kier molecular flexibility index (Phi) is 5.85. The highest BCUT2D eigenvalue weighted by Gasteiger charge is 2.42. The third-order valence-corrected chi connectivity index (χ3v) is 7.36. The first-order chi connectivity index (χ1) is 15.7. The van der Waals surface area contributed by atoms with Crippen LogP contribution >= 0.6 is 0 Å². The van der Waals surface area contributed by atoms with Gasteiger partial charge in [-0.25, -0.2) is 0 Å². The highest BCUT2D eigenvalue weighted by molar-refractivity contribution is 5.84. The van der Waals surface area contributed by atoms with E-state index in [9.17, 15) is 5.11 Å². The number of para-hydroxylation sites is 1. The summed E-state index contributed by atoms with van der Waals surface area (Å²) in [5, 5.41) is 15.3. The second-order valence-electron chi connectivity index (χ2n) is 9.02. The smallest absolute Gasteiger partial charge is 0.120 e. The van der Waals surface area contributed by atoms with E-state index in [1.54, 1.807) is 13.2 Å². The molecule has 4 heterocycles. The third kappa shape index (κ3) is 3.87. The first-order valence-corrected chi connectivity index (χ1v) is 11.5. The number of phenols is 1. The quantitative estimate of drug-likeness (QED) is 0.534. The molecule has 4 unspecified atom stereocenters. The van der Waals surface area contributed by atoms with E-state index in [0.29, 0.717) is 30.2 Å². The zero-order valence-corrected chi connectivity index (χ0v) is 18.6. The largest absolute Gasteiger partial charge is 0.508 e. The maximum Gasteiger partial charge on any atom is 0.120 e. The van der Waals surface area contributed by atoms with Crippen molar-refractivity contribution in [3.05, 3.63) is 78.5 Å². The van der Waals surface area contributed by atoms with Gasteiger partial charge in [0.1, 0.15) is 11.5 Å². The topological polar surface area (TPSA) is 57.6 Å². The summed E-state index contributed by atoms with van der Waals surface area (Å²) < 4.78 is 5.52. The van der Waals surface area contributed by atoms with Crippen LogP contribution in [-0.4, -0.2) is 41.2 Å². The standard InChI is InChI=1S/C27H31N3O2/c1-3-18-17-30-13-11-19(18)14-25(30)27(29-16-20-6-4-5-7-26(20)31)22-10-12-28-24-9-8-21(32-2)15-23(22)24/h3-10,12,15,18-19,25,27,29,31H,1,11,13-14,16-17H2,2H3/t18?,19?,25?,27-/m1/s1. The van der Waals surface area contributed by atoms with Crippen LogP contribution in [0.2, 0.25) is 0 Å². The number of methoxy groups -OCH3 is 1. The summed E-state index contributed by atoms with van der Waals surface area (Å²) in [5.74, 6) is 2.42. The molecule has 3 aromatic rings. The van der Waals surface area contributed by atoms with E-state index in [1.165, 1.54) is 12.0 Å². The van der Waals surface area contributed by atoms with Crippen LogP contribution in [0.5, 0.6) is 11.5 Å². The molecule has 166 valence electrons. The number of aromatic hydroxyl groups is 1. The number of piperidine rings is 3. The number of benzene rings is 2. The average molecular weight is 430 g/mol. The molecule has 0 saturated carbocycles. The van der Waals surface area contributed by atoms with Crippen LogP contribution in [0.1, 0.15) is 30.0 Å². The second-order valence-corrected chi connectivity index (χ2v) is 9.02. The maximum atomic E-state index is 10.3. The molecule has 5 atom stereocenters. The number of nitrogens with one attached hydrogen (secondary N) is 1. The van der Waals surface area contributed by atoms with E-state index in [1.807, 2.05) is 36.5 Å². The van der Waals surface area contributed by atoms with Gasteiger partial charge in [0.15, 0.2) is 0 Å². The van der Waals surface area contributed by atoms with Gasteiger partial charge in [-0.2, -0.15) is 0 Å². The van der Waals surface area contributed by atoms with E-state index < -0.39 is 0 Å². The lowest BCUT2D eigenvalue weighted by Crippen LogP contribution is -2.56. The van der Waals surface area contributed by atoms with E-state index in [0.717, 1.165) is 41.7 Å². The first-order valence-electron chi connectivity index (χ1n) is 11.5. The Morgan fingerprint density at radius 1 is 1.28 bits per heavy atom. The summed E-state index contributed by atoms with van der Waals surface area (Å²) in [6, 6.07) is 16.3. The average Bonchev–Trinajstić information content (AvgIpc) is 2.85. The van der Waals surface area contributed by atoms with Crippen molar-refractivity contribution in [3.63, 3.8) is 0 Å². The lowest BCUT2D eigenvalue weighted by atomic mass is 9.73. The molecule has 3 aliphatic heterocycles. The summed E-state index contributed by atoms with van der Waals surface area (Å²) in [6.45, 7) is 6.88. The zero-order chi connectivity index (χ0) is 22.1. The molecule has 3 fully saturated rings. The number of nitrogens with zero attached hydrogens (tertiary/aromatic N) is 2. The van der Waals surface area contributed by atoms with Crippen LogP contribution in [0.4, 0.5) is 0 Å². The molecule has 5 heteroatoms. The molecule has 6 rings (SSSR count). The lowest BCUT2D eigenvalue weighted by molar-refractivity contribution is 0.000920. The summed E-state index contributed by atoms with van der Waals surface area (Å²) in [5.41, 5.74) is 3.11. The molecule has 0 amide bonds. The minimum atomic E-state index is 0.112. The number of ether oxygens (including phenoxy) is 1. The van der Waals surface area contributed by atoms with Crippen LogP contribution in [0.25, 0.3) is 10.9 Å². The number of rotatable bonds is 7. The molecule has 1 aromatic heterocycles. The molecular formula is C27H31N3O2. The summed E-state index contributed by atoms with van der Waals surface area (Å²) in [6.07, 6.45) is 6.43. The molecule has 0 radical (unpaired) electrons. The molecule has 2 aromatic carbocycles. The monoisotopic (exact) mass is 429 g/mol. The van der Waals surface area contributed by atoms with Gasteiger partial charge in [0, 0.05) is 42.3 Å². The summed E-state index contributed by atoms with van der Waals surface area (Å²) >= 11 is 0. The Morgan fingerprint density at radius 2 is 2.16 bits per heavy atom.